The summed E-state index contributed by atoms with van der Waals surface area (Å²) in [6.45, 7) is 6.43. The van der Waals surface area contributed by atoms with E-state index < -0.39 is 23.5 Å². The number of hydrogen-bond donors (Lipinski definition) is 2. The molecule has 0 aliphatic carbocycles. The van der Waals surface area contributed by atoms with Crippen molar-refractivity contribution in [1.29, 1.82) is 0 Å². The predicted molar refractivity (Wildman–Crippen MR) is 88.3 cm³/mol. The van der Waals surface area contributed by atoms with Gasteiger partial charge in [-0.25, -0.2) is 4.79 Å². The molecule has 0 radical (unpaired) electrons. The summed E-state index contributed by atoms with van der Waals surface area (Å²) in [7, 11) is 0. The Morgan fingerprint density at radius 3 is 2.46 bits per heavy atom. The van der Waals surface area contributed by atoms with Crippen LogP contribution in [0.15, 0.2) is 24.3 Å². The van der Waals surface area contributed by atoms with Crippen LogP contribution < -0.4 is 15.8 Å². The first-order valence-corrected chi connectivity index (χ1v) is 7.57. The number of amides is 2. The molecule has 0 spiro atoms. The molecule has 1 aromatic rings. The fourth-order valence-electron chi connectivity index (χ4n) is 1.98. The van der Waals surface area contributed by atoms with Gasteiger partial charge in [0.15, 0.2) is 6.61 Å². The minimum atomic E-state index is -0.802. The first-order valence-electron chi connectivity index (χ1n) is 7.57. The molecule has 1 aromatic carbocycles. The van der Waals surface area contributed by atoms with E-state index in [2.05, 4.69) is 5.32 Å². The zero-order valence-electron chi connectivity index (χ0n) is 14.4. The summed E-state index contributed by atoms with van der Waals surface area (Å²) in [6, 6.07) is 6.07. The third-order valence-corrected chi connectivity index (χ3v) is 2.84. The first-order chi connectivity index (χ1) is 11.1. The van der Waals surface area contributed by atoms with Gasteiger partial charge in [0.2, 0.25) is 11.8 Å². The molecule has 24 heavy (non-hydrogen) atoms. The molecule has 0 aromatic heterocycles. The molecular weight excluding hydrogens is 312 g/mol. The van der Waals surface area contributed by atoms with E-state index >= 15 is 0 Å². The van der Waals surface area contributed by atoms with Crippen molar-refractivity contribution >= 4 is 17.8 Å². The van der Waals surface area contributed by atoms with E-state index in [-0.39, 0.29) is 18.9 Å². The highest BCUT2D eigenvalue weighted by atomic mass is 16.6. The maximum absolute atomic E-state index is 11.6. The SMILES string of the molecule is CC(=O)NC(Cc1cccc(OCC(=O)OC(C)(C)C)c1)C(N)=O. The van der Waals surface area contributed by atoms with Crippen molar-refractivity contribution in [2.24, 2.45) is 5.73 Å². The number of esters is 1. The number of nitrogens with one attached hydrogen (secondary N) is 1. The minimum Gasteiger partial charge on any atom is -0.482 e. The van der Waals surface area contributed by atoms with Crippen molar-refractivity contribution in [3.63, 3.8) is 0 Å². The quantitative estimate of drug-likeness (QED) is 0.721. The average Bonchev–Trinajstić information content (AvgIpc) is 2.42. The molecule has 1 atom stereocenters. The molecule has 0 bridgehead atoms. The standard InChI is InChI=1S/C17H24N2O5/c1-11(20)19-14(16(18)22)9-12-6-5-7-13(8-12)23-10-15(21)24-17(2,3)4/h5-8,14H,9-10H2,1-4H3,(H2,18,22)(H,19,20). The maximum atomic E-state index is 11.6. The van der Waals surface area contributed by atoms with Gasteiger partial charge in [-0.05, 0) is 38.5 Å². The number of hydrogen-bond acceptors (Lipinski definition) is 5. The molecule has 0 saturated carbocycles. The Kier molecular flexibility index (Phi) is 6.76. The number of primary amides is 1. The lowest BCUT2D eigenvalue weighted by Crippen LogP contribution is -2.44. The second-order valence-electron chi connectivity index (χ2n) is 6.38. The van der Waals surface area contributed by atoms with Crippen molar-refractivity contribution in [3.05, 3.63) is 29.8 Å². The van der Waals surface area contributed by atoms with Crippen molar-refractivity contribution < 1.29 is 23.9 Å². The van der Waals surface area contributed by atoms with Crippen molar-refractivity contribution in [2.45, 2.75) is 45.8 Å². The van der Waals surface area contributed by atoms with Crippen LogP contribution in [0.25, 0.3) is 0 Å². The third-order valence-electron chi connectivity index (χ3n) is 2.84. The maximum Gasteiger partial charge on any atom is 0.344 e. The molecule has 1 unspecified atom stereocenters. The molecule has 7 heteroatoms. The highest BCUT2D eigenvalue weighted by Gasteiger charge is 2.18. The Morgan fingerprint density at radius 1 is 1.25 bits per heavy atom. The highest BCUT2D eigenvalue weighted by Crippen LogP contribution is 2.15. The van der Waals surface area contributed by atoms with Gasteiger partial charge in [-0.3, -0.25) is 9.59 Å². The van der Waals surface area contributed by atoms with E-state index in [0.717, 1.165) is 5.56 Å². The Balaban J connectivity index is 2.67. The molecule has 7 nitrogen and oxygen atoms in total. The monoisotopic (exact) mass is 336 g/mol. The summed E-state index contributed by atoms with van der Waals surface area (Å²) in [5, 5.41) is 2.49. The predicted octanol–water partition coefficient (Wildman–Crippen LogP) is 0.940. The van der Waals surface area contributed by atoms with Crippen LogP contribution in [0.4, 0.5) is 0 Å². The second-order valence-corrected chi connectivity index (χ2v) is 6.38. The molecule has 0 aliphatic rings. The van der Waals surface area contributed by atoms with Crippen LogP contribution in [0, 0.1) is 0 Å². The molecule has 132 valence electrons. The number of carbonyl (C=O) groups excluding carboxylic acids is 3. The summed E-state index contributed by atoms with van der Waals surface area (Å²) in [4.78, 5) is 34.1. The van der Waals surface area contributed by atoms with Gasteiger partial charge in [-0.1, -0.05) is 12.1 Å². The molecule has 3 N–H and O–H groups in total. The zero-order valence-corrected chi connectivity index (χ0v) is 14.4. The van der Waals surface area contributed by atoms with Crippen LogP contribution in [0.1, 0.15) is 33.3 Å². The topological polar surface area (TPSA) is 108 Å². The number of benzene rings is 1. The van der Waals surface area contributed by atoms with Gasteiger partial charge in [0.05, 0.1) is 0 Å². The highest BCUT2D eigenvalue weighted by molar-refractivity contribution is 5.85. The van der Waals surface area contributed by atoms with Crippen LogP contribution in [0.2, 0.25) is 0 Å². The zero-order chi connectivity index (χ0) is 18.3. The lowest BCUT2D eigenvalue weighted by molar-refractivity contribution is -0.157. The Morgan fingerprint density at radius 2 is 1.92 bits per heavy atom. The summed E-state index contributed by atoms with van der Waals surface area (Å²) in [6.07, 6.45) is 0.235. The fourth-order valence-corrected chi connectivity index (χ4v) is 1.98. The molecule has 0 fully saturated rings. The summed E-state index contributed by atoms with van der Waals surface area (Å²) >= 11 is 0. The fraction of sp³-hybridized carbons (Fsp3) is 0.471. The number of carbonyl (C=O) groups is 3. The second kappa shape index (κ2) is 8.33. The third kappa shape index (κ3) is 7.62. The Hall–Kier alpha value is -2.57. The van der Waals surface area contributed by atoms with Crippen molar-refractivity contribution in [3.8, 4) is 5.75 Å². The van der Waals surface area contributed by atoms with Gasteiger partial charge in [0, 0.05) is 13.3 Å². The van der Waals surface area contributed by atoms with Gasteiger partial charge >= 0.3 is 5.97 Å². The van der Waals surface area contributed by atoms with Crippen LogP contribution in [0.5, 0.6) is 5.75 Å². The summed E-state index contributed by atoms with van der Waals surface area (Å²) < 4.78 is 10.6. The molecule has 0 saturated heterocycles. The van der Waals surface area contributed by atoms with E-state index in [1.54, 1.807) is 45.0 Å². The molecule has 0 aliphatic heterocycles. The molecular formula is C17H24N2O5. The minimum absolute atomic E-state index is 0.217. The van der Waals surface area contributed by atoms with Crippen molar-refractivity contribution in [2.75, 3.05) is 6.61 Å². The number of rotatable bonds is 7. The summed E-state index contributed by atoms with van der Waals surface area (Å²) in [5.74, 6) is -0.966. The number of ether oxygens (including phenoxy) is 2. The Labute approximate surface area is 141 Å². The average molecular weight is 336 g/mol. The van der Waals surface area contributed by atoms with E-state index in [4.69, 9.17) is 15.2 Å². The van der Waals surface area contributed by atoms with Gasteiger partial charge in [0.1, 0.15) is 17.4 Å². The van der Waals surface area contributed by atoms with Gasteiger partial charge < -0.3 is 20.5 Å². The molecule has 0 heterocycles. The van der Waals surface area contributed by atoms with Crippen LogP contribution in [-0.4, -0.2) is 36.0 Å². The molecule has 1 rings (SSSR count). The largest absolute Gasteiger partial charge is 0.482 e. The van der Waals surface area contributed by atoms with E-state index in [1.165, 1.54) is 6.92 Å². The van der Waals surface area contributed by atoms with Gasteiger partial charge in [-0.15, -0.1) is 0 Å². The van der Waals surface area contributed by atoms with E-state index in [9.17, 15) is 14.4 Å². The van der Waals surface area contributed by atoms with Crippen molar-refractivity contribution in [1.82, 2.24) is 5.32 Å². The van der Waals surface area contributed by atoms with Crippen LogP contribution in [-0.2, 0) is 25.5 Å². The molecule has 2 amide bonds. The summed E-state index contributed by atoms with van der Waals surface area (Å²) in [5.41, 5.74) is 5.45. The van der Waals surface area contributed by atoms with Crippen LogP contribution in [0.3, 0.4) is 0 Å². The number of nitrogens with two attached hydrogens (primary N) is 1. The lowest BCUT2D eigenvalue weighted by Gasteiger charge is -2.19. The van der Waals surface area contributed by atoms with E-state index in [1.807, 2.05) is 0 Å². The van der Waals surface area contributed by atoms with Gasteiger partial charge in [-0.2, -0.15) is 0 Å². The lowest BCUT2D eigenvalue weighted by atomic mass is 10.1. The van der Waals surface area contributed by atoms with E-state index in [0.29, 0.717) is 5.75 Å². The van der Waals surface area contributed by atoms with Gasteiger partial charge in [0.25, 0.3) is 0 Å². The normalized spacial score (nSPS) is 12.2. The first kappa shape index (κ1) is 19.5. The Bertz CT molecular complexity index is 607. The van der Waals surface area contributed by atoms with Crippen LogP contribution >= 0.6 is 0 Å². The smallest absolute Gasteiger partial charge is 0.344 e.